The molecule has 3 unspecified atom stereocenters. The van der Waals surface area contributed by atoms with Gasteiger partial charge in [-0.15, -0.1) is 11.3 Å². The van der Waals surface area contributed by atoms with Crippen molar-refractivity contribution in [1.29, 1.82) is 0 Å². The lowest BCUT2D eigenvalue weighted by Crippen LogP contribution is -2.51. The Labute approximate surface area is 120 Å². The summed E-state index contributed by atoms with van der Waals surface area (Å²) in [5.41, 5.74) is 6.37. The smallest absolute Gasteiger partial charge is 0.0777 e. The summed E-state index contributed by atoms with van der Waals surface area (Å²) in [6.45, 7) is 6.47. The molecule has 2 heterocycles. The van der Waals surface area contributed by atoms with Crippen molar-refractivity contribution < 1.29 is 4.74 Å². The predicted octanol–water partition coefficient (Wildman–Crippen LogP) is 3.03. The Bertz CT molecular complexity index is 382. The van der Waals surface area contributed by atoms with Gasteiger partial charge in [-0.2, -0.15) is 0 Å². The number of likely N-dealkylation sites (tertiary alicyclic amines) is 1. The summed E-state index contributed by atoms with van der Waals surface area (Å²) in [5, 5.41) is 2.14. The summed E-state index contributed by atoms with van der Waals surface area (Å²) >= 11 is 1.81. The molecule has 4 heteroatoms. The number of nitrogens with zero attached hydrogens (tertiary/aromatic N) is 1. The van der Waals surface area contributed by atoms with Crippen molar-refractivity contribution in [2.24, 2.45) is 5.73 Å². The summed E-state index contributed by atoms with van der Waals surface area (Å²) in [6, 6.07) is 4.86. The van der Waals surface area contributed by atoms with E-state index in [1.807, 2.05) is 18.4 Å². The number of nitrogens with two attached hydrogens (primary N) is 1. The maximum Gasteiger partial charge on any atom is 0.0777 e. The Kier molecular flexibility index (Phi) is 5.01. The van der Waals surface area contributed by atoms with Gasteiger partial charge in [0.2, 0.25) is 0 Å². The Hall–Kier alpha value is -0.420. The summed E-state index contributed by atoms with van der Waals surface area (Å²) in [5.74, 6) is 0. The molecule has 19 heavy (non-hydrogen) atoms. The Balaban J connectivity index is 2.19. The van der Waals surface area contributed by atoms with Crippen LogP contribution in [-0.4, -0.2) is 36.7 Å². The second-order valence-corrected chi connectivity index (χ2v) is 6.74. The molecule has 2 rings (SSSR count). The topological polar surface area (TPSA) is 38.5 Å². The van der Waals surface area contributed by atoms with Crippen LogP contribution in [-0.2, 0) is 4.74 Å². The van der Waals surface area contributed by atoms with E-state index in [1.54, 1.807) is 0 Å². The van der Waals surface area contributed by atoms with E-state index in [4.69, 9.17) is 10.5 Å². The molecule has 0 saturated carbocycles. The van der Waals surface area contributed by atoms with Crippen LogP contribution in [0.3, 0.4) is 0 Å². The minimum Gasteiger partial charge on any atom is -0.377 e. The normalized spacial score (nSPS) is 28.2. The second-order valence-electron chi connectivity index (χ2n) is 5.76. The number of thiophene rings is 1. The molecular weight excluding hydrogens is 256 g/mol. The van der Waals surface area contributed by atoms with Crippen molar-refractivity contribution in [2.45, 2.75) is 50.8 Å². The molecule has 2 N–H and O–H groups in total. The highest BCUT2D eigenvalue weighted by atomic mass is 32.1. The van der Waals surface area contributed by atoms with Crippen LogP contribution in [0.25, 0.3) is 0 Å². The van der Waals surface area contributed by atoms with Gasteiger partial charge >= 0.3 is 0 Å². The van der Waals surface area contributed by atoms with Crippen molar-refractivity contribution in [3.05, 3.63) is 22.4 Å². The highest BCUT2D eigenvalue weighted by Crippen LogP contribution is 2.34. The molecule has 1 saturated heterocycles. The molecule has 0 radical (unpaired) electrons. The molecule has 0 bridgehead atoms. The highest BCUT2D eigenvalue weighted by molar-refractivity contribution is 7.10. The minimum absolute atomic E-state index is 0.0266. The molecule has 1 aliphatic heterocycles. The van der Waals surface area contributed by atoms with Crippen LogP contribution < -0.4 is 5.73 Å². The van der Waals surface area contributed by atoms with Crippen LogP contribution in [0, 0.1) is 0 Å². The zero-order chi connectivity index (χ0) is 13.9. The lowest BCUT2D eigenvalue weighted by molar-refractivity contribution is -0.0640. The molecule has 3 nitrogen and oxygen atoms in total. The van der Waals surface area contributed by atoms with Crippen LogP contribution in [0.4, 0.5) is 0 Å². The minimum atomic E-state index is -0.0266. The van der Waals surface area contributed by atoms with Gasteiger partial charge in [0.25, 0.3) is 0 Å². The van der Waals surface area contributed by atoms with Crippen molar-refractivity contribution in [1.82, 2.24) is 4.90 Å². The van der Waals surface area contributed by atoms with E-state index in [9.17, 15) is 0 Å². The molecule has 1 aromatic heterocycles. The first-order valence-electron chi connectivity index (χ1n) is 7.18. The summed E-state index contributed by atoms with van der Waals surface area (Å²) < 4.78 is 5.71. The Morgan fingerprint density at radius 3 is 2.95 bits per heavy atom. The first kappa shape index (κ1) is 15.0. The molecule has 0 spiro atoms. The van der Waals surface area contributed by atoms with Gasteiger partial charge in [-0.05, 0) is 44.2 Å². The SMILES string of the molecule is CCC(N)C(c1cccs1)N1CCCC(C)(OC)C1. The molecular formula is C15H26N2OS. The fourth-order valence-electron chi connectivity index (χ4n) is 2.99. The third-order valence-corrected chi connectivity index (χ3v) is 5.23. The molecule has 108 valence electrons. The Morgan fingerprint density at radius 1 is 1.58 bits per heavy atom. The van der Waals surface area contributed by atoms with Gasteiger partial charge in [0.05, 0.1) is 11.6 Å². The zero-order valence-electron chi connectivity index (χ0n) is 12.3. The zero-order valence-corrected chi connectivity index (χ0v) is 13.1. The average Bonchev–Trinajstić information content (AvgIpc) is 2.93. The number of hydrogen-bond donors (Lipinski definition) is 1. The third-order valence-electron chi connectivity index (χ3n) is 4.29. The van der Waals surface area contributed by atoms with Crippen LogP contribution in [0.2, 0.25) is 0 Å². The maximum atomic E-state index is 6.39. The lowest BCUT2D eigenvalue weighted by Gasteiger charge is -2.44. The molecule has 0 aromatic carbocycles. The van der Waals surface area contributed by atoms with Gasteiger partial charge in [0.1, 0.15) is 0 Å². The molecule has 0 aliphatic carbocycles. The average molecular weight is 282 g/mol. The second kappa shape index (κ2) is 6.35. The summed E-state index contributed by atoms with van der Waals surface area (Å²) in [6.07, 6.45) is 3.32. The van der Waals surface area contributed by atoms with Crippen molar-refractivity contribution in [2.75, 3.05) is 20.2 Å². The quantitative estimate of drug-likeness (QED) is 0.902. The van der Waals surface area contributed by atoms with E-state index < -0.39 is 0 Å². The summed E-state index contributed by atoms with van der Waals surface area (Å²) in [7, 11) is 1.82. The fourth-order valence-corrected chi connectivity index (χ4v) is 3.93. The first-order chi connectivity index (χ1) is 9.09. The molecule has 0 amide bonds. The van der Waals surface area contributed by atoms with Gasteiger partial charge in [-0.25, -0.2) is 0 Å². The van der Waals surface area contributed by atoms with E-state index in [-0.39, 0.29) is 11.6 Å². The van der Waals surface area contributed by atoms with Crippen molar-refractivity contribution in [3.63, 3.8) is 0 Å². The number of piperidine rings is 1. The molecule has 1 aromatic rings. The van der Waals surface area contributed by atoms with Crippen molar-refractivity contribution >= 4 is 11.3 Å². The lowest BCUT2D eigenvalue weighted by atomic mass is 9.91. The Morgan fingerprint density at radius 2 is 2.37 bits per heavy atom. The highest BCUT2D eigenvalue weighted by Gasteiger charge is 2.36. The molecule has 1 aliphatic rings. The fraction of sp³-hybridized carbons (Fsp3) is 0.733. The van der Waals surface area contributed by atoms with E-state index >= 15 is 0 Å². The third kappa shape index (κ3) is 3.37. The van der Waals surface area contributed by atoms with Gasteiger partial charge in [-0.3, -0.25) is 4.90 Å². The number of hydrogen-bond acceptors (Lipinski definition) is 4. The first-order valence-corrected chi connectivity index (χ1v) is 8.06. The van der Waals surface area contributed by atoms with Crippen LogP contribution >= 0.6 is 11.3 Å². The van der Waals surface area contributed by atoms with E-state index in [0.717, 1.165) is 25.9 Å². The van der Waals surface area contributed by atoms with Gasteiger partial charge in [0.15, 0.2) is 0 Å². The number of rotatable bonds is 5. The molecule has 3 atom stereocenters. The summed E-state index contributed by atoms with van der Waals surface area (Å²) in [4.78, 5) is 3.90. The van der Waals surface area contributed by atoms with Crippen molar-refractivity contribution in [3.8, 4) is 0 Å². The van der Waals surface area contributed by atoms with E-state index in [0.29, 0.717) is 6.04 Å². The van der Waals surface area contributed by atoms with Crippen LogP contribution in [0.1, 0.15) is 44.0 Å². The standard InChI is InChI=1S/C15H26N2OS/c1-4-12(16)14(13-7-5-10-19-13)17-9-6-8-15(2,11-17)18-3/h5,7,10,12,14H,4,6,8-9,11,16H2,1-3H3. The van der Waals surface area contributed by atoms with Gasteiger partial charge in [-0.1, -0.05) is 13.0 Å². The maximum absolute atomic E-state index is 6.39. The van der Waals surface area contributed by atoms with Gasteiger partial charge < -0.3 is 10.5 Å². The number of methoxy groups -OCH3 is 1. The number of ether oxygens (including phenoxy) is 1. The monoisotopic (exact) mass is 282 g/mol. The molecule has 1 fully saturated rings. The van der Waals surface area contributed by atoms with E-state index in [1.165, 1.54) is 11.3 Å². The predicted molar refractivity (Wildman–Crippen MR) is 81.5 cm³/mol. The van der Waals surface area contributed by atoms with Crippen LogP contribution in [0.5, 0.6) is 0 Å². The van der Waals surface area contributed by atoms with Gasteiger partial charge in [0, 0.05) is 24.6 Å². The van der Waals surface area contributed by atoms with E-state index in [2.05, 4.69) is 36.3 Å². The largest absolute Gasteiger partial charge is 0.377 e. The van der Waals surface area contributed by atoms with Crippen LogP contribution in [0.15, 0.2) is 17.5 Å².